The van der Waals surface area contributed by atoms with E-state index < -0.39 is 39.1 Å². The Bertz CT molecular complexity index is 655. The van der Waals surface area contributed by atoms with Gasteiger partial charge in [-0.05, 0) is 12.3 Å². The highest BCUT2D eigenvalue weighted by atomic mass is 16.6. The van der Waals surface area contributed by atoms with Crippen LogP contribution in [0.2, 0.25) is 0 Å². The van der Waals surface area contributed by atoms with Crippen molar-refractivity contribution in [3.8, 4) is 0 Å². The minimum atomic E-state index is -1.22. The number of carbonyl (C=O) groups excluding carboxylic acids is 1. The molecule has 0 aliphatic rings. The minimum Gasteiger partial charge on any atom is -0.480 e. The number of hydrogen-bond donors (Lipinski definition) is 1. The van der Waals surface area contributed by atoms with Gasteiger partial charge in [-0.15, -0.1) is 0 Å². The molecule has 1 atom stereocenters. The summed E-state index contributed by atoms with van der Waals surface area (Å²) in [7, 11) is 1.24. The molecule has 0 radical (unpaired) electrons. The Kier molecular flexibility index (Phi) is 5.93. The molecular weight excluding hydrogens is 322 g/mol. The Morgan fingerprint density at radius 1 is 1.12 bits per heavy atom. The normalized spacial score (nSPS) is 11.8. The standard InChI is InChI=1S/C14H17N3O7/c1-8(2)4-12(14(19)20)15(3)13(18)9-5-10(16(21)22)7-11(6-9)17(23)24/h5-8,12H,4H2,1-3H3,(H,19,20). The van der Waals surface area contributed by atoms with Crippen LogP contribution in [0.3, 0.4) is 0 Å². The minimum absolute atomic E-state index is 0.0132. The number of rotatable bonds is 7. The van der Waals surface area contributed by atoms with Gasteiger partial charge >= 0.3 is 5.97 Å². The second kappa shape index (κ2) is 7.49. The molecule has 0 spiro atoms. The van der Waals surface area contributed by atoms with Gasteiger partial charge in [-0.25, -0.2) is 4.79 Å². The Hall–Kier alpha value is -3.04. The zero-order chi connectivity index (χ0) is 18.6. The number of amides is 1. The van der Waals surface area contributed by atoms with Crippen molar-refractivity contribution in [2.75, 3.05) is 7.05 Å². The third-order valence-corrected chi connectivity index (χ3v) is 3.34. The molecule has 24 heavy (non-hydrogen) atoms. The number of carbonyl (C=O) groups is 2. The van der Waals surface area contributed by atoms with Crippen LogP contribution in [0.4, 0.5) is 11.4 Å². The predicted molar refractivity (Wildman–Crippen MR) is 82.7 cm³/mol. The molecule has 0 saturated heterocycles. The summed E-state index contributed by atoms with van der Waals surface area (Å²) in [5.41, 5.74) is -1.54. The quantitative estimate of drug-likeness (QED) is 0.591. The van der Waals surface area contributed by atoms with Gasteiger partial charge in [0.15, 0.2) is 0 Å². The van der Waals surface area contributed by atoms with Gasteiger partial charge in [-0.3, -0.25) is 25.0 Å². The molecule has 0 heterocycles. The van der Waals surface area contributed by atoms with Gasteiger partial charge in [-0.2, -0.15) is 0 Å². The van der Waals surface area contributed by atoms with E-state index in [1.165, 1.54) is 7.05 Å². The van der Waals surface area contributed by atoms with Crippen molar-refractivity contribution in [2.24, 2.45) is 5.92 Å². The number of nitro benzene ring substituents is 2. The summed E-state index contributed by atoms with van der Waals surface area (Å²) in [6.45, 7) is 3.57. The fraction of sp³-hybridized carbons (Fsp3) is 0.429. The van der Waals surface area contributed by atoms with Crippen molar-refractivity contribution < 1.29 is 24.5 Å². The first kappa shape index (κ1) is 19.0. The van der Waals surface area contributed by atoms with Gasteiger partial charge in [0.1, 0.15) is 6.04 Å². The molecule has 0 fully saturated rings. The largest absolute Gasteiger partial charge is 0.480 e. The van der Waals surface area contributed by atoms with Crippen molar-refractivity contribution in [3.63, 3.8) is 0 Å². The van der Waals surface area contributed by atoms with Crippen LogP contribution in [0, 0.1) is 26.1 Å². The maximum absolute atomic E-state index is 12.4. The predicted octanol–water partition coefficient (Wildman–Crippen LogP) is 2.07. The number of carboxylic acids is 1. The smallest absolute Gasteiger partial charge is 0.326 e. The van der Waals surface area contributed by atoms with Crippen molar-refractivity contribution in [1.82, 2.24) is 4.90 Å². The van der Waals surface area contributed by atoms with Crippen LogP contribution in [0.5, 0.6) is 0 Å². The molecule has 0 aromatic heterocycles. The number of aliphatic carboxylic acids is 1. The molecule has 1 N–H and O–H groups in total. The van der Waals surface area contributed by atoms with Crippen LogP contribution < -0.4 is 0 Å². The number of nitrogens with zero attached hydrogens (tertiary/aromatic N) is 3. The van der Waals surface area contributed by atoms with Gasteiger partial charge < -0.3 is 10.0 Å². The Balaban J connectivity index is 3.27. The first-order valence-electron chi connectivity index (χ1n) is 6.98. The molecular formula is C14H17N3O7. The first-order chi connectivity index (χ1) is 11.0. The summed E-state index contributed by atoms with van der Waals surface area (Å²) in [5.74, 6) is -2.07. The fourth-order valence-electron chi connectivity index (χ4n) is 2.15. The molecule has 1 amide bonds. The molecule has 0 bridgehead atoms. The number of likely N-dealkylation sites (N-methyl/N-ethyl adjacent to an activating group) is 1. The average molecular weight is 339 g/mol. The lowest BCUT2D eigenvalue weighted by Crippen LogP contribution is -2.43. The summed E-state index contributed by atoms with van der Waals surface area (Å²) >= 11 is 0. The van der Waals surface area contributed by atoms with Crippen LogP contribution in [-0.4, -0.2) is 44.8 Å². The summed E-state index contributed by atoms with van der Waals surface area (Å²) in [5, 5.41) is 31.0. The van der Waals surface area contributed by atoms with Gasteiger partial charge in [0.25, 0.3) is 17.3 Å². The van der Waals surface area contributed by atoms with E-state index in [9.17, 15) is 34.9 Å². The summed E-state index contributed by atoms with van der Waals surface area (Å²) < 4.78 is 0. The third kappa shape index (κ3) is 4.48. The molecule has 1 aromatic rings. The van der Waals surface area contributed by atoms with E-state index in [0.717, 1.165) is 23.1 Å². The van der Waals surface area contributed by atoms with E-state index in [1.54, 1.807) is 13.8 Å². The molecule has 0 saturated carbocycles. The average Bonchev–Trinajstić information content (AvgIpc) is 2.50. The molecule has 0 aliphatic carbocycles. The lowest BCUT2D eigenvalue weighted by atomic mass is 10.0. The number of nitro groups is 2. The third-order valence-electron chi connectivity index (χ3n) is 3.34. The zero-order valence-electron chi connectivity index (χ0n) is 13.3. The van der Waals surface area contributed by atoms with Gasteiger partial charge in [-0.1, -0.05) is 13.8 Å². The Morgan fingerprint density at radius 3 is 1.92 bits per heavy atom. The van der Waals surface area contributed by atoms with Gasteiger partial charge in [0.05, 0.1) is 21.5 Å². The first-order valence-corrected chi connectivity index (χ1v) is 6.98. The van der Waals surface area contributed by atoms with Crippen LogP contribution in [0.25, 0.3) is 0 Å². The molecule has 1 unspecified atom stereocenters. The Morgan fingerprint density at radius 2 is 1.58 bits per heavy atom. The lowest BCUT2D eigenvalue weighted by molar-refractivity contribution is -0.394. The van der Waals surface area contributed by atoms with E-state index in [1.807, 2.05) is 0 Å². The summed E-state index contributed by atoms with van der Waals surface area (Å²) in [6, 6.07) is 1.37. The van der Waals surface area contributed by atoms with Crippen LogP contribution in [-0.2, 0) is 4.79 Å². The highest BCUT2D eigenvalue weighted by molar-refractivity contribution is 5.97. The monoisotopic (exact) mass is 339 g/mol. The van der Waals surface area contributed by atoms with E-state index >= 15 is 0 Å². The molecule has 10 heteroatoms. The zero-order valence-corrected chi connectivity index (χ0v) is 13.3. The summed E-state index contributed by atoms with van der Waals surface area (Å²) in [4.78, 5) is 44.7. The number of benzene rings is 1. The highest BCUT2D eigenvalue weighted by Gasteiger charge is 2.30. The topological polar surface area (TPSA) is 144 Å². The second-order valence-corrected chi connectivity index (χ2v) is 5.65. The van der Waals surface area contributed by atoms with Crippen LogP contribution >= 0.6 is 0 Å². The Labute approximate surface area is 137 Å². The number of carboxylic acid groups (broad SMARTS) is 1. The summed E-state index contributed by atoms with van der Waals surface area (Å²) in [6.07, 6.45) is 0.175. The van der Waals surface area contributed by atoms with Crippen molar-refractivity contribution in [3.05, 3.63) is 44.0 Å². The maximum Gasteiger partial charge on any atom is 0.326 e. The number of hydrogen-bond acceptors (Lipinski definition) is 6. The van der Waals surface area contributed by atoms with E-state index in [4.69, 9.17) is 0 Å². The molecule has 10 nitrogen and oxygen atoms in total. The molecule has 0 aliphatic heterocycles. The van der Waals surface area contributed by atoms with Crippen molar-refractivity contribution in [1.29, 1.82) is 0 Å². The van der Waals surface area contributed by atoms with Crippen LogP contribution in [0.1, 0.15) is 30.6 Å². The highest BCUT2D eigenvalue weighted by Crippen LogP contribution is 2.24. The van der Waals surface area contributed by atoms with E-state index in [0.29, 0.717) is 0 Å². The van der Waals surface area contributed by atoms with Crippen molar-refractivity contribution in [2.45, 2.75) is 26.3 Å². The molecule has 1 aromatic carbocycles. The second-order valence-electron chi connectivity index (χ2n) is 5.65. The maximum atomic E-state index is 12.4. The molecule has 130 valence electrons. The van der Waals surface area contributed by atoms with Gasteiger partial charge in [0.2, 0.25) is 0 Å². The van der Waals surface area contributed by atoms with E-state index in [-0.39, 0.29) is 17.9 Å². The SMILES string of the molecule is CC(C)CC(C(=O)O)N(C)C(=O)c1cc([N+](=O)[O-])cc([N+](=O)[O-])c1. The molecule has 1 rings (SSSR count). The van der Waals surface area contributed by atoms with Gasteiger partial charge in [0, 0.05) is 19.2 Å². The van der Waals surface area contributed by atoms with Crippen LogP contribution in [0.15, 0.2) is 18.2 Å². The van der Waals surface area contributed by atoms with E-state index in [2.05, 4.69) is 0 Å². The fourth-order valence-corrected chi connectivity index (χ4v) is 2.15. The number of non-ortho nitro benzene ring substituents is 2. The van der Waals surface area contributed by atoms with Crippen molar-refractivity contribution >= 4 is 23.3 Å². The lowest BCUT2D eigenvalue weighted by Gasteiger charge is -2.26.